The Kier molecular flexibility index (Phi) is 6.74. The molecule has 2 aromatic carbocycles. The lowest BCUT2D eigenvalue weighted by Crippen LogP contribution is -2.35. The van der Waals surface area contributed by atoms with Gasteiger partial charge in [-0.15, -0.1) is 0 Å². The van der Waals surface area contributed by atoms with Gasteiger partial charge in [-0.25, -0.2) is 8.42 Å². The van der Waals surface area contributed by atoms with Gasteiger partial charge in [0.2, 0.25) is 15.9 Å². The number of benzene rings is 2. The van der Waals surface area contributed by atoms with Crippen LogP contribution < -0.4 is 10.6 Å². The van der Waals surface area contributed by atoms with Crippen LogP contribution in [0.1, 0.15) is 26.2 Å². The highest BCUT2D eigenvalue weighted by molar-refractivity contribution is 9.10. The summed E-state index contributed by atoms with van der Waals surface area (Å²) in [6.45, 7) is 2.91. The van der Waals surface area contributed by atoms with Crippen molar-refractivity contribution in [1.29, 1.82) is 0 Å². The lowest BCUT2D eigenvalue weighted by atomic mass is 10.2. The molecule has 0 aromatic heterocycles. The first kappa shape index (κ1) is 20.8. The molecule has 2 aromatic rings. The van der Waals surface area contributed by atoms with E-state index in [0.717, 1.165) is 29.4 Å². The average molecular weight is 466 g/mol. The third-order valence-electron chi connectivity index (χ3n) is 4.70. The number of piperidine rings is 1. The molecule has 1 unspecified atom stereocenters. The van der Waals surface area contributed by atoms with Crippen molar-refractivity contribution >= 4 is 43.2 Å². The molecule has 6 nitrogen and oxygen atoms in total. The Balaban J connectivity index is 1.61. The average Bonchev–Trinajstić information content (AvgIpc) is 2.70. The molecule has 28 heavy (non-hydrogen) atoms. The fraction of sp³-hybridized carbons (Fsp3) is 0.350. The number of anilines is 2. The first-order valence-corrected chi connectivity index (χ1v) is 11.5. The molecule has 0 radical (unpaired) electrons. The van der Waals surface area contributed by atoms with Crippen LogP contribution in [0.3, 0.4) is 0 Å². The van der Waals surface area contributed by atoms with Crippen molar-refractivity contribution in [3.05, 3.63) is 53.0 Å². The van der Waals surface area contributed by atoms with Crippen LogP contribution in [-0.2, 0) is 14.8 Å². The van der Waals surface area contributed by atoms with Gasteiger partial charge in [0.1, 0.15) is 6.04 Å². The normalized spacial score (nSPS) is 16.4. The van der Waals surface area contributed by atoms with Gasteiger partial charge in [0, 0.05) is 28.9 Å². The zero-order valence-electron chi connectivity index (χ0n) is 15.7. The Labute approximate surface area is 174 Å². The highest BCUT2D eigenvalue weighted by atomic mass is 79.9. The number of nitrogens with zero attached hydrogens (tertiary/aromatic N) is 1. The molecule has 2 N–H and O–H groups in total. The molecule has 3 rings (SSSR count). The molecule has 1 aliphatic rings. The van der Waals surface area contributed by atoms with E-state index in [9.17, 15) is 13.2 Å². The summed E-state index contributed by atoms with van der Waals surface area (Å²) in [5, 5.41) is 5.94. The standard InChI is InChI=1S/C20H24BrN3O3S/c1-15(22-17-7-5-16(21)6-8-17)20(25)23-18-9-11-19(12-10-18)28(26,27)24-13-3-2-4-14-24/h5-12,15,22H,2-4,13-14H2,1H3,(H,23,25). The van der Waals surface area contributed by atoms with Crippen LogP contribution >= 0.6 is 15.9 Å². The molecule has 1 saturated heterocycles. The summed E-state index contributed by atoms with van der Waals surface area (Å²) in [5.41, 5.74) is 1.40. The quantitative estimate of drug-likeness (QED) is 0.673. The Morgan fingerprint density at radius 1 is 0.964 bits per heavy atom. The van der Waals surface area contributed by atoms with E-state index < -0.39 is 16.1 Å². The molecule has 150 valence electrons. The Bertz CT molecular complexity index is 909. The molecule has 1 atom stereocenters. The lowest BCUT2D eigenvalue weighted by molar-refractivity contribution is -0.116. The maximum Gasteiger partial charge on any atom is 0.246 e. The first-order valence-electron chi connectivity index (χ1n) is 9.29. The minimum absolute atomic E-state index is 0.199. The second-order valence-electron chi connectivity index (χ2n) is 6.85. The van der Waals surface area contributed by atoms with E-state index in [1.807, 2.05) is 24.3 Å². The lowest BCUT2D eigenvalue weighted by Gasteiger charge is -2.25. The molecule has 1 heterocycles. The van der Waals surface area contributed by atoms with E-state index in [0.29, 0.717) is 18.8 Å². The summed E-state index contributed by atoms with van der Waals surface area (Å²) >= 11 is 3.38. The maximum absolute atomic E-state index is 12.7. The Morgan fingerprint density at radius 3 is 2.14 bits per heavy atom. The van der Waals surface area contributed by atoms with Gasteiger partial charge < -0.3 is 10.6 Å². The number of amides is 1. The van der Waals surface area contributed by atoms with Gasteiger partial charge in [0.05, 0.1) is 4.90 Å². The summed E-state index contributed by atoms with van der Waals surface area (Å²) < 4.78 is 27.9. The third-order valence-corrected chi connectivity index (χ3v) is 7.14. The number of hydrogen-bond donors (Lipinski definition) is 2. The SMILES string of the molecule is CC(Nc1ccc(Br)cc1)C(=O)Nc1ccc(S(=O)(=O)N2CCCCC2)cc1. The van der Waals surface area contributed by atoms with Crippen molar-refractivity contribution in [2.45, 2.75) is 37.1 Å². The van der Waals surface area contributed by atoms with Crippen molar-refractivity contribution in [2.75, 3.05) is 23.7 Å². The van der Waals surface area contributed by atoms with E-state index in [1.165, 1.54) is 4.31 Å². The van der Waals surface area contributed by atoms with Crippen LogP contribution in [-0.4, -0.2) is 37.8 Å². The van der Waals surface area contributed by atoms with E-state index in [2.05, 4.69) is 26.6 Å². The summed E-state index contributed by atoms with van der Waals surface area (Å²) in [4.78, 5) is 12.7. The number of sulfonamides is 1. The van der Waals surface area contributed by atoms with Crippen LogP contribution in [0.25, 0.3) is 0 Å². The monoisotopic (exact) mass is 465 g/mol. The van der Waals surface area contributed by atoms with Gasteiger partial charge in [-0.05, 0) is 68.3 Å². The Hall–Kier alpha value is -1.90. The highest BCUT2D eigenvalue weighted by Crippen LogP contribution is 2.22. The van der Waals surface area contributed by atoms with Gasteiger partial charge in [0.25, 0.3) is 0 Å². The fourth-order valence-electron chi connectivity index (χ4n) is 3.08. The summed E-state index contributed by atoms with van der Waals surface area (Å²) in [6.07, 6.45) is 2.87. The topological polar surface area (TPSA) is 78.5 Å². The molecular weight excluding hydrogens is 442 g/mol. The van der Waals surface area contributed by atoms with Crippen molar-refractivity contribution in [1.82, 2.24) is 4.31 Å². The molecule has 1 amide bonds. The molecule has 0 saturated carbocycles. The van der Waals surface area contributed by atoms with Crippen molar-refractivity contribution < 1.29 is 13.2 Å². The van der Waals surface area contributed by atoms with E-state index in [4.69, 9.17) is 0 Å². The number of carbonyl (C=O) groups excluding carboxylic acids is 1. The van der Waals surface area contributed by atoms with Crippen LogP contribution in [0, 0.1) is 0 Å². The first-order chi connectivity index (χ1) is 13.4. The van der Waals surface area contributed by atoms with Crippen molar-refractivity contribution in [2.24, 2.45) is 0 Å². The van der Waals surface area contributed by atoms with Crippen LogP contribution in [0.5, 0.6) is 0 Å². The molecular formula is C20H24BrN3O3S. The molecule has 0 bridgehead atoms. The zero-order valence-corrected chi connectivity index (χ0v) is 18.1. The van der Waals surface area contributed by atoms with Crippen molar-refractivity contribution in [3.63, 3.8) is 0 Å². The van der Waals surface area contributed by atoms with Crippen LogP contribution in [0.15, 0.2) is 57.9 Å². The predicted molar refractivity (Wildman–Crippen MR) is 115 cm³/mol. The summed E-state index contributed by atoms with van der Waals surface area (Å²) in [6, 6.07) is 13.5. The second-order valence-corrected chi connectivity index (χ2v) is 9.70. The van der Waals surface area contributed by atoms with Gasteiger partial charge in [-0.3, -0.25) is 4.79 Å². The minimum atomic E-state index is -3.46. The second kappa shape index (κ2) is 9.07. The predicted octanol–water partition coefficient (Wildman–Crippen LogP) is 4.06. The molecule has 8 heteroatoms. The number of halogens is 1. The number of rotatable bonds is 6. The molecule has 1 fully saturated rings. The minimum Gasteiger partial charge on any atom is -0.374 e. The number of carbonyl (C=O) groups is 1. The van der Waals surface area contributed by atoms with Gasteiger partial charge in [0.15, 0.2) is 0 Å². The van der Waals surface area contributed by atoms with Gasteiger partial charge >= 0.3 is 0 Å². The van der Waals surface area contributed by atoms with Crippen LogP contribution in [0.2, 0.25) is 0 Å². The third kappa shape index (κ3) is 5.12. The number of nitrogens with one attached hydrogen (secondary N) is 2. The summed E-state index contributed by atoms with van der Waals surface area (Å²) in [7, 11) is -3.46. The fourth-order valence-corrected chi connectivity index (χ4v) is 4.86. The van der Waals surface area contributed by atoms with Gasteiger partial charge in [-0.1, -0.05) is 22.4 Å². The maximum atomic E-state index is 12.7. The summed E-state index contributed by atoms with van der Waals surface area (Å²) in [5.74, 6) is -0.199. The highest BCUT2D eigenvalue weighted by Gasteiger charge is 2.25. The smallest absolute Gasteiger partial charge is 0.246 e. The molecule has 1 aliphatic heterocycles. The van der Waals surface area contributed by atoms with E-state index in [1.54, 1.807) is 31.2 Å². The molecule has 0 aliphatic carbocycles. The van der Waals surface area contributed by atoms with Crippen LogP contribution in [0.4, 0.5) is 11.4 Å². The number of hydrogen-bond acceptors (Lipinski definition) is 4. The largest absolute Gasteiger partial charge is 0.374 e. The van der Waals surface area contributed by atoms with E-state index >= 15 is 0 Å². The zero-order chi connectivity index (χ0) is 20.1. The van der Waals surface area contributed by atoms with Crippen molar-refractivity contribution in [3.8, 4) is 0 Å². The molecule has 0 spiro atoms. The van der Waals surface area contributed by atoms with Gasteiger partial charge in [-0.2, -0.15) is 4.31 Å². The Morgan fingerprint density at radius 2 is 1.54 bits per heavy atom. The van der Waals surface area contributed by atoms with E-state index in [-0.39, 0.29) is 10.8 Å².